The second kappa shape index (κ2) is 6.35. The molecule has 0 aliphatic carbocycles. The van der Waals surface area contributed by atoms with E-state index in [1.54, 1.807) is 35.0 Å². The standard InChI is InChI=1S/C16H16N4O3/c21-16(22)15-12-6-1-2-7-13(12)19(18-15)10-5-9-17-14-8-3-4-11-20(14)23/h1-4,6-8,11,23H,5,9-10H2,(H,21,22). The van der Waals surface area contributed by atoms with Crippen LogP contribution in [0.5, 0.6) is 0 Å². The quantitative estimate of drug-likeness (QED) is 0.554. The molecule has 3 aromatic rings. The first-order valence-electron chi connectivity index (χ1n) is 7.23. The van der Waals surface area contributed by atoms with Gasteiger partial charge in [0.15, 0.2) is 11.2 Å². The fourth-order valence-corrected chi connectivity index (χ4v) is 2.42. The van der Waals surface area contributed by atoms with Crippen LogP contribution in [0.25, 0.3) is 10.9 Å². The lowest BCUT2D eigenvalue weighted by Crippen LogP contribution is -2.17. The Hall–Kier alpha value is -3.09. The zero-order valence-corrected chi connectivity index (χ0v) is 12.3. The van der Waals surface area contributed by atoms with Gasteiger partial charge in [0.1, 0.15) is 0 Å². The van der Waals surface area contributed by atoms with Crippen LogP contribution in [0.4, 0.5) is 0 Å². The molecule has 0 saturated carbocycles. The van der Waals surface area contributed by atoms with Crippen molar-refractivity contribution < 1.29 is 15.1 Å². The van der Waals surface area contributed by atoms with Crippen LogP contribution in [-0.4, -0.2) is 37.3 Å². The van der Waals surface area contributed by atoms with Gasteiger partial charge in [0.05, 0.1) is 5.52 Å². The summed E-state index contributed by atoms with van der Waals surface area (Å²) in [4.78, 5) is 15.6. The molecule has 0 radical (unpaired) electrons. The van der Waals surface area contributed by atoms with Crippen LogP contribution in [0.2, 0.25) is 0 Å². The van der Waals surface area contributed by atoms with E-state index in [0.29, 0.717) is 30.4 Å². The van der Waals surface area contributed by atoms with Crippen molar-refractivity contribution >= 4 is 16.9 Å². The first kappa shape index (κ1) is 14.8. The number of rotatable bonds is 5. The van der Waals surface area contributed by atoms with Gasteiger partial charge in [-0.25, -0.2) is 4.79 Å². The van der Waals surface area contributed by atoms with Crippen LogP contribution >= 0.6 is 0 Å². The highest BCUT2D eigenvalue weighted by Gasteiger charge is 2.15. The molecule has 23 heavy (non-hydrogen) atoms. The SMILES string of the molecule is O=C(O)c1nn(CCCN=c2ccccn2O)c2ccccc12. The summed E-state index contributed by atoms with van der Waals surface area (Å²) in [7, 11) is 0. The second-order valence-corrected chi connectivity index (χ2v) is 5.03. The Morgan fingerprint density at radius 2 is 1.96 bits per heavy atom. The smallest absolute Gasteiger partial charge is 0.357 e. The summed E-state index contributed by atoms with van der Waals surface area (Å²) in [6, 6.07) is 12.5. The highest BCUT2D eigenvalue weighted by Crippen LogP contribution is 2.18. The van der Waals surface area contributed by atoms with Gasteiger partial charge >= 0.3 is 5.97 Å². The minimum Gasteiger partial charge on any atom is -0.476 e. The molecule has 0 bridgehead atoms. The Labute approximate surface area is 131 Å². The molecule has 7 heteroatoms. The number of hydrogen-bond donors (Lipinski definition) is 2. The van der Waals surface area contributed by atoms with E-state index in [4.69, 9.17) is 0 Å². The van der Waals surface area contributed by atoms with E-state index in [1.807, 2.05) is 12.1 Å². The molecule has 1 aromatic carbocycles. The largest absolute Gasteiger partial charge is 0.476 e. The third kappa shape index (κ3) is 3.08. The molecule has 2 heterocycles. The number of para-hydroxylation sites is 1. The highest BCUT2D eigenvalue weighted by atomic mass is 16.5. The number of fused-ring (bicyclic) bond motifs is 1. The van der Waals surface area contributed by atoms with Gasteiger partial charge in [-0.2, -0.15) is 9.83 Å². The maximum atomic E-state index is 11.3. The van der Waals surface area contributed by atoms with Crippen molar-refractivity contribution in [1.82, 2.24) is 14.5 Å². The maximum Gasteiger partial charge on any atom is 0.357 e. The van der Waals surface area contributed by atoms with E-state index in [9.17, 15) is 15.1 Å². The molecule has 0 atom stereocenters. The third-order valence-electron chi connectivity index (χ3n) is 3.48. The van der Waals surface area contributed by atoms with Gasteiger partial charge in [0, 0.05) is 24.7 Å². The van der Waals surface area contributed by atoms with E-state index in [1.165, 1.54) is 6.20 Å². The molecule has 118 valence electrons. The number of nitrogens with zero attached hydrogens (tertiary/aromatic N) is 4. The summed E-state index contributed by atoms with van der Waals surface area (Å²) in [6.07, 6.45) is 2.19. The van der Waals surface area contributed by atoms with E-state index in [2.05, 4.69) is 10.1 Å². The van der Waals surface area contributed by atoms with Crippen LogP contribution in [0.3, 0.4) is 0 Å². The minimum absolute atomic E-state index is 0.0637. The molecule has 3 rings (SSSR count). The fourth-order valence-electron chi connectivity index (χ4n) is 2.42. The fraction of sp³-hybridized carbons (Fsp3) is 0.188. The molecule has 0 saturated heterocycles. The Morgan fingerprint density at radius 3 is 2.74 bits per heavy atom. The van der Waals surface area contributed by atoms with Crippen molar-refractivity contribution in [1.29, 1.82) is 0 Å². The van der Waals surface area contributed by atoms with Crippen LogP contribution in [0, 0.1) is 0 Å². The molecule has 2 aromatic heterocycles. The molecule has 0 amide bonds. The van der Waals surface area contributed by atoms with Gasteiger partial charge in [-0.3, -0.25) is 9.67 Å². The number of carboxylic acids is 1. The van der Waals surface area contributed by atoms with E-state index in [0.717, 1.165) is 10.2 Å². The predicted molar refractivity (Wildman–Crippen MR) is 83.4 cm³/mol. The molecular weight excluding hydrogens is 296 g/mol. The van der Waals surface area contributed by atoms with Crippen molar-refractivity contribution in [3.63, 3.8) is 0 Å². The Kier molecular flexibility index (Phi) is 4.09. The van der Waals surface area contributed by atoms with Crippen LogP contribution < -0.4 is 5.49 Å². The molecule has 0 aliphatic rings. The number of carboxylic acid groups (broad SMARTS) is 1. The third-order valence-corrected chi connectivity index (χ3v) is 3.48. The van der Waals surface area contributed by atoms with Crippen molar-refractivity contribution in [2.75, 3.05) is 6.54 Å². The molecule has 0 aliphatic heterocycles. The molecule has 0 spiro atoms. The minimum atomic E-state index is -1.03. The van der Waals surface area contributed by atoms with Crippen LogP contribution in [-0.2, 0) is 6.54 Å². The maximum absolute atomic E-state index is 11.3. The number of aromatic nitrogens is 3. The summed E-state index contributed by atoms with van der Waals surface area (Å²) >= 11 is 0. The second-order valence-electron chi connectivity index (χ2n) is 5.03. The monoisotopic (exact) mass is 312 g/mol. The first-order valence-corrected chi connectivity index (χ1v) is 7.23. The average molecular weight is 312 g/mol. The van der Waals surface area contributed by atoms with Crippen molar-refractivity contribution in [2.45, 2.75) is 13.0 Å². The molecule has 2 N–H and O–H groups in total. The van der Waals surface area contributed by atoms with E-state index < -0.39 is 5.97 Å². The molecule has 7 nitrogen and oxygen atoms in total. The normalized spacial score (nSPS) is 11.9. The predicted octanol–water partition coefficient (Wildman–Crippen LogP) is 1.76. The number of aryl methyl sites for hydroxylation is 1. The summed E-state index contributed by atoms with van der Waals surface area (Å²) in [5.41, 5.74) is 1.33. The highest BCUT2D eigenvalue weighted by molar-refractivity contribution is 6.01. The number of carbonyl (C=O) groups is 1. The van der Waals surface area contributed by atoms with Crippen LogP contribution in [0.15, 0.2) is 53.7 Å². The average Bonchev–Trinajstić information content (AvgIpc) is 2.92. The number of hydrogen-bond acceptors (Lipinski definition) is 4. The lowest BCUT2D eigenvalue weighted by Gasteiger charge is -2.02. The molecule has 0 unspecified atom stereocenters. The van der Waals surface area contributed by atoms with E-state index in [-0.39, 0.29) is 5.69 Å². The van der Waals surface area contributed by atoms with Crippen molar-refractivity contribution in [3.05, 3.63) is 59.8 Å². The van der Waals surface area contributed by atoms with Crippen molar-refractivity contribution in [3.8, 4) is 0 Å². The van der Waals surface area contributed by atoms with Crippen LogP contribution in [0.1, 0.15) is 16.9 Å². The van der Waals surface area contributed by atoms with Gasteiger partial charge in [-0.1, -0.05) is 24.3 Å². The summed E-state index contributed by atoms with van der Waals surface area (Å²) in [5, 5.41) is 23.6. The van der Waals surface area contributed by atoms with Crippen molar-refractivity contribution in [2.24, 2.45) is 4.99 Å². The van der Waals surface area contributed by atoms with Gasteiger partial charge in [0.25, 0.3) is 0 Å². The lowest BCUT2D eigenvalue weighted by atomic mass is 10.2. The van der Waals surface area contributed by atoms with Gasteiger partial charge in [-0.05, 0) is 24.6 Å². The Morgan fingerprint density at radius 1 is 1.17 bits per heavy atom. The Balaban J connectivity index is 1.77. The molecule has 0 fully saturated rings. The number of aromatic carboxylic acids is 1. The van der Waals surface area contributed by atoms with E-state index >= 15 is 0 Å². The van der Waals surface area contributed by atoms with Gasteiger partial charge in [-0.15, -0.1) is 0 Å². The Bertz CT molecular complexity index is 911. The molecular formula is C16H16N4O3. The summed E-state index contributed by atoms with van der Waals surface area (Å²) in [5.74, 6) is -1.03. The zero-order valence-electron chi connectivity index (χ0n) is 12.3. The lowest BCUT2D eigenvalue weighted by molar-refractivity contribution is 0.0691. The summed E-state index contributed by atoms with van der Waals surface area (Å²) < 4.78 is 2.65. The zero-order chi connectivity index (χ0) is 16.2. The first-order chi connectivity index (χ1) is 11.2. The number of pyridine rings is 1. The topological polar surface area (TPSA) is 92.6 Å². The van der Waals surface area contributed by atoms with Gasteiger partial charge < -0.3 is 10.3 Å². The summed E-state index contributed by atoms with van der Waals surface area (Å²) in [6.45, 7) is 1.05. The van der Waals surface area contributed by atoms with Gasteiger partial charge in [0.2, 0.25) is 0 Å². The number of benzene rings is 1.